The Morgan fingerprint density at radius 1 is 1.21 bits per heavy atom. The summed E-state index contributed by atoms with van der Waals surface area (Å²) in [4.78, 5) is 18.7. The van der Waals surface area contributed by atoms with Crippen molar-refractivity contribution in [3.8, 4) is 0 Å². The first-order valence-corrected chi connectivity index (χ1v) is 12.0. The molecule has 158 valence electrons. The lowest BCUT2D eigenvalue weighted by Gasteiger charge is -2.34. The number of carbonyl (C=O) groups is 1. The summed E-state index contributed by atoms with van der Waals surface area (Å²) in [6, 6.07) is 6.17. The van der Waals surface area contributed by atoms with Gasteiger partial charge in [-0.15, -0.1) is 11.3 Å². The standard InChI is InChI=1S/C19H25ClN4O3S2/c1-19(2,3)17-22-14(13-28-17)12-21-18(25)23-8-10-24(11-9-23)29(26,27)16-7-5-4-6-15(16)20/h4-7,13H,8-12H2,1-3H3,(H,21,25). The molecule has 1 aliphatic rings. The van der Waals surface area contributed by atoms with Gasteiger partial charge in [0.15, 0.2) is 0 Å². The molecule has 2 aromatic rings. The lowest BCUT2D eigenvalue weighted by Crippen LogP contribution is -2.53. The summed E-state index contributed by atoms with van der Waals surface area (Å²) in [5, 5.41) is 6.05. The zero-order valence-corrected chi connectivity index (χ0v) is 19.1. The van der Waals surface area contributed by atoms with Crippen LogP contribution < -0.4 is 5.32 Å². The molecule has 0 unspecified atom stereocenters. The molecule has 0 aliphatic carbocycles. The molecule has 1 fully saturated rings. The average molecular weight is 457 g/mol. The number of piperazine rings is 1. The van der Waals surface area contributed by atoms with Crippen molar-refractivity contribution in [2.45, 2.75) is 37.6 Å². The fourth-order valence-electron chi connectivity index (χ4n) is 2.94. The lowest BCUT2D eigenvalue weighted by atomic mass is 9.98. The van der Waals surface area contributed by atoms with Crippen molar-refractivity contribution in [2.75, 3.05) is 26.2 Å². The van der Waals surface area contributed by atoms with Gasteiger partial charge in [0.25, 0.3) is 0 Å². The van der Waals surface area contributed by atoms with Crippen molar-refractivity contribution in [1.82, 2.24) is 19.5 Å². The second kappa shape index (κ2) is 8.59. The highest BCUT2D eigenvalue weighted by molar-refractivity contribution is 7.89. The van der Waals surface area contributed by atoms with Crippen LogP contribution in [0.2, 0.25) is 5.02 Å². The average Bonchev–Trinajstić information content (AvgIpc) is 3.16. The maximum Gasteiger partial charge on any atom is 0.317 e. The Labute approximate surface area is 180 Å². The molecule has 0 radical (unpaired) electrons. The van der Waals surface area contributed by atoms with Crippen molar-refractivity contribution in [2.24, 2.45) is 0 Å². The Bertz CT molecular complexity index is 977. The van der Waals surface area contributed by atoms with Gasteiger partial charge in [0.2, 0.25) is 10.0 Å². The first-order chi connectivity index (χ1) is 13.6. The highest BCUT2D eigenvalue weighted by Crippen LogP contribution is 2.26. The SMILES string of the molecule is CC(C)(C)c1nc(CNC(=O)N2CCN(S(=O)(=O)c3ccccc3Cl)CC2)cs1. The van der Waals surface area contributed by atoms with Gasteiger partial charge in [-0.25, -0.2) is 18.2 Å². The molecule has 1 N–H and O–H groups in total. The molecule has 2 heterocycles. The number of thiazole rings is 1. The van der Waals surface area contributed by atoms with Crippen LogP contribution in [-0.4, -0.2) is 54.8 Å². The van der Waals surface area contributed by atoms with Crippen LogP contribution in [0.5, 0.6) is 0 Å². The number of rotatable bonds is 4. The van der Waals surface area contributed by atoms with Crippen LogP contribution >= 0.6 is 22.9 Å². The Hall–Kier alpha value is -1.68. The summed E-state index contributed by atoms with van der Waals surface area (Å²) in [5.41, 5.74) is 0.810. The second-order valence-corrected chi connectivity index (χ2v) is 11.0. The summed E-state index contributed by atoms with van der Waals surface area (Å²) in [6.45, 7) is 7.75. The van der Waals surface area contributed by atoms with Crippen molar-refractivity contribution in [3.05, 3.63) is 45.4 Å². The normalized spacial score (nSPS) is 16.1. The van der Waals surface area contributed by atoms with E-state index >= 15 is 0 Å². The second-order valence-electron chi connectivity index (χ2n) is 7.87. The molecule has 1 aromatic heterocycles. The zero-order valence-electron chi connectivity index (χ0n) is 16.7. The van der Waals surface area contributed by atoms with E-state index in [0.29, 0.717) is 19.6 Å². The van der Waals surface area contributed by atoms with Crippen LogP contribution in [0, 0.1) is 0 Å². The smallest absolute Gasteiger partial charge is 0.317 e. The Morgan fingerprint density at radius 2 is 1.86 bits per heavy atom. The van der Waals surface area contributed by atoms with Gasteiger partial charge in [-0.1, -0.05) is 44.5 Å². The minimum Gasteiger partial charge on any atom is -0.332 e. The Morgan fingerprint density at radius 3 is 2.45 bits per heavy atom. The van der Waals surface area contributed by atoms with E-state index in [-0.39, 0.29) is 34.5 Å². The molecule has 1 saturated heterocycles. The number of benzene rings is 1. The van der Waals surface area contributed by atoms with Crippen molar-refractivity contribution >= 4 is 39.0 Å². The number of sulfonamides is 1. The van der Waals surface area contributed by atoms with E-state index in [1.54, 1.807) is 34.4 Å². The van der Waals surface area contributed by atoms with Gasteiger partial charge in [0.1, 0.15) is 4.90 Å². The minimum atomic E-state index is -3.67. The van der Waals surface area contributed by atoms with Gasteiger partial charge < -0.3 is 10.2 Å². The summed E-state index contributed by atoms with van der Waals surface area (Å²) < 4.78 is 27.0. The summed E-state index contributed by atoms with van der Waals surface area (Å²) >= 11 is 7.64. The molecular formula is C19H25ClN4O3S2. The third-order valence-electron chi connectivity index (χ3n) is 4.59. The number of hydrogen-bond acceptors (Lipinski definition) is 5. The fraction of sp³-hybridized carbons (Fsp3) is 0.474. The number of amides is 2. The fourth-order valence-corrected chi connectivity index (χ4v) is 5.76. The Balaban J connectivity index is 1.54. The van der Waals surface area contributed by atoms with E-state index in [0.717, 1.165) is 10.7 Å². The minimum absolute atomic E-state index is 0.0175. The quantitative estimate of drug-likeness (QED) is 0.765. The van der Waals surface area contributed by atoms with Crippen LogP contribution in [-0.2, 0) is 22.0 Å². The summed E-state index contributed by atoms with van der Waals surface area (Å²) in [7, 11) is -3.67. The first-order valence-electron chi connectivity index (χ1n) is 9.31. The highest BCUT2D eigenvalue weighted by atomic mass is 35.5. The van der Waals surface area contributed by atoms with Crippen LogP contribution in [0.25, 0.3) is 0 Å². The van der Waals surface area contributed by atoms with E-state index in [9.17, 15) is 13.2 Å². The number of nitrogens with one attached hydrogen (secondary N) is 1. The molecular weight excluding hydrogens is 432 g/mol. The molecule has 0 saturated carbocycles. The molecule has 1 aromatic carbocycles. The van der Waals surface area contributed by atoms with Crippen molar-refractivity contribution < 1.29 is 13.2 Å². The van der Waals surface area contributed by atoms with Crippen molar-refractivity contribution in [1.29, 1.82) is 0 Å². The van der Waals surface area contributed by atoms with E-state index in [1.165, 1.54) is 10.4 Å². The molecule has 7 nitrogen and oxygen atoms in total. The zero-order chi connectivity index (χ0) is 21.2. The van der Waals surface area contributed by atoms with Gasteiger partial charge in [-0.3, -0.25) is 0 Å². The predicted octanol–water partition coefficient (Wildman–Crippen LogP) is 3.31. The van der Waals surface area contributed by atoms with Gasteiger partial charge >= 0.3 is 6.03 Å². The first kappa shape index (κ1) is 22.0. The monoisotopic (exact) mass is 456 g/mol. The molecule has 0 spiro atoms. The lowest BCUT2D eigenvalue weighted by molar-refractivity contribution is 0.172. The number of aromatic nitrogens is 1. The molecule has 1 aliphatic heterocycles. The van der Waals surface area contributed by atoms with E-state index in [4.69, 9.17) is 11.6 Å². The van der Waals surface area contributed by atoms with Crippen LogP contribution in [0.1, 0.15) is 31.5 Å². The maximum atomic E-state index is 12.8. The van der Waals surface area contributed by atoms with E-state index in [2.05, 4.69) is 31.1 Å². The molecule has 3 rings (SSSR count). The van der Waals surface area contributed by atoms with Crippen LogP contribution in [0.15, 0.2) is 34.5 Å². The third kappa shape index (κ3) is 5.09. The van der Waals surface area contributed by atoms with E-state index in [1.807, 2.05) is 5.38 Å². The number of nitrogens with zero attached hydrogens (tertiary/aromatic N) is 3. The summed E-state index contributed by atoms with van der Waals surface area (Å²) in [6.07, 6.45) is 0. The predicted molar refractivity (Wildman–Crippen MR) is 115 cm³/mol. The van der Waals surface area contributed by atoms with Crippen molar-refractivity contribution in [3.63, 3.8) is 0 Å². The third-order valence-corrected chi connectivity index (χ3v) is 8.31. The largest absolute Gasteiger partial charge is 0.332 e. The van der Waals surface area contributed by atoms with Crippen LogP contribution in [0.3, 0.4) is 0 Å². The summed E-state index contributed by atoms with van der Waals surface area (Å²) in [5.74, 6) is 0. The molecule has 0 atom stereocenters. The number of halogens is 1. The highest BCUT2D eigenvalue weighted by Gasteiger charge is 2.31. The molecule has 29 heavy (non-hydrogen) atoms. The van der Waals surface area contributed by atoms with Gasteiger partial charge in [-0.2, -0.15) is 4.31 Å². The molecule has 0 bridgehead atoms. The van der Waals surface area contributed by atoms with Crippen LogP contribution in [0.4, 0.5) is 4.79 Å². The van der Waals surface area contributed by atoms with Gasteiger partial charge in [0, 0.05) is 37.0 Å². The molecule has 2 amide bonds. The Kier molecular flexibility index (Phi) is 6.52. The number of carbonyl (C=O) groups excluding carboxylic acids is 1. The molecule has 10 heteroatoms. The van der Waals surface area contributed by atoms with Gasteiger partial charge in [0.05, 0.1) is 22.3 Å². The maximum absolute atomic E-state index is 12.8. The number of hydrogen-bond donors (Lipinski definition) is 1. The van der Waals surface area contributed by atoms with Gasteiger partial charge in [-0.05, 0) is 12.1 Å². The number of urea groups is 1. The van der Waals surface area contributed by atoms with E-state index < -0.39 is 10.0 Å². The topological polar surface area (TPSA) is 82.6 Å².